The molecule has 5 nitrogen and oxygen atoms in total. The van der Waals surface area contributed by atoms with Crippen LogP contribution in [0, 0.1) is 35.5 Å². The van der Waals surface area contributed by atoms with Crippen LogP contribution >= 0.6 is 0 Å². The number of unbranched alkanes of at least 4 members (excludes halogenated alkanes) is 1. The van der Waals surface area contributed by atoms with E-state index in [2.05, 4.69) is 24.0 Å². The largest absolute Gasteiger partial charge is 0.469 e. The SMILES string of the molecule is CC#CCC(C)C(=O)/C=C/[C@@H]1C2C/C(=C/CCCC(=O)OC)CC2C[C@@H]1OC1CCCCO1. The minimum atomic E-state index is -0.143. The Kier molecular flexibility index (Phi) is 10.2. The van der Waals surface area contributed by atoms with Crippen LogP contribution < -0.4 is 0 Å². The lowest BCUT2D eigenvalue weighted by Gasteiger charge is -2.29. The van der Waals surface area contributed by atoms with Crippen LogP contribution in [-0.2, 0) is 23.8 Å². The number of ketones is 1. The number of allylic oxidation sites excluding steroid dienone is 3. The van der Waals surface area contributed by atoms with E-state index in [9.17, 15) is 9.59 Å². The predicted octanol–water partition coefficient (Wildman–Crippen LogP) is 5.39. The average molecular weight is 457 g/mol. The molecule has 0 spiro atoms. The first kappa shape index (κ1) is 25.7. The Morgan fingerprint density at radius 2 is 2.12 bits per heavy atom. The molecule has 6 atom stereocenters. The van der Waals surface area contributed by atoms with Gasteiger partial charge in [-0.3, -0.25) is 9.59 Å². The van der Waals surface area contributed by atoms with Gasteiger partial charge in [-0.05, 0) is 76.2 Å². The summed E-state index contributed by atoms with van der Waals surface area (Å²) in [6, 6.07) is 0. The summed E-state index contributed by atoms with van der Waals surface area (Å²) in [6.45, 7) is 4.53. The Balaban J connectivity index is 1.63. The maximum atomic E-state index is 12.6. The normalized spacial score (nSPS) is 31.2. The van der Waals surface area contributed by atoms with Crippen molar-refractivity contribution in [1.29, 1.82) is 0 Å². The Morgan fingerprint density at radius 1 is 1.27 bits per heavy atom. The lowest BCUT2D eigenvalue weighted by atomic mass is 9.89. The van der Waals surface area contributed by atoms with Crippen LogP contribution in [-0.4, -0.2) is 37.9 Å². The summed E-state index contributed by atoms with van der Waals surface area (Å²) < 4.78 is 17.0. The fourth-order valence-electron chi connectivity index (χ4n) is 5.45. The van der Waals surface area contributed by atoms with Crippen LogP contribution in [0.1, 0.15) is 78.1 Å². The van der Waals surface area contributed by atoms with Gasteiger partial charge in [-0.15, -0.1) is 11.8 Å². The summed E-state index contributed by atoms with van der Waals surface area (Å²) in [5, 5.41) is 0. The second-order valence-electron chi connectivity index (χ2n) is 9.74. The first-order chi connectivity index (χ1) is 16.0. The first-order valence-electron chi connectivity index (χ1n) is 12.6. The highest BCUT2D eigenvalue weighted by molar-refractivity contribution is 5.91. The number of esters is 1. The molecule has 182 valence electrons. The summed E-state index contributed by atoms with van der Waals surface area (Å²) in [5.74, 6) is 7.12. The third-order valence-corrected chi connectivity index (χ3v) is 7.35. The van der Waals surface area contributed by atoms with Crippen LogP contribution in [0.25, 0.3) is 0 Å². The predicted molar refractivity (Wildman–Crippen MR) is 128 cm³/mol. The van der Waals surface area contributed by atoms with E-state index in [0.29, 0.717) is 24.7 Å². The third kappa shape index (κ3) is 7.55. The Bertz CT molecular complexity index is 780. The molecule has 2 aliphatic carbocycles. The number of rotatable bonds is 10. The second kappa shape index (κ2) is 13.1. The minimum absolute atomic E-state index is 0.0826. The van der Waals surface area contributed by atoms with Gasteiger partial charge in [0.15, 0.2) is 12.1 Å². The smallest absolute Gasteiger partial charge is 0.305 e. The quantitative estimate of drug-likeness (QED) is 0.145. The Hall–Kier alpha value is -1.90. The van der Waals surface area contributed by atoms with Gasteiger partial charge in [0.05, 0.1) is 13.2 Å². The highest BCUT2D eigenvalue weighted by Gasteiger charge is 2.47. The lowest BCUT2D eigenvalue weighted by molar-refractivity contribution is -0.193. The van der Waals surface area contributed by atoms with Crippen molar-refractivity contribution in [1.82, 2.24) is 0 Å². The van der Waals surface area contributed by atoms with Gasteiger partial charge in [0.25, 0.3) is 0 Å². The van der Waals surface area contributed by atoms with Gasteiger partial charge in [0.2, 0.25) is 0 Å². The summed E-state index contributed by atoms with van der Waals surface area (Å²) in [6.07, 6.45) is 15.4. The van der Waals surface area contributed by atoms with Crippen molar-refractivity contribution in [2.75, 3.05) is 13.7 Å². The molecule has 1 heterocycles. The van der Waals surface area contributed by atoms with E-state index >= 15 is 0 Å². The second-order valence-corrected chi connectivity index (χ2v) is 9.74. The minimum Gasteiger partial charge on any atom is -0.469 e. The standard InChI is InChI=1S/C28H40O5/c1-4-5-10-20(2)25(29)15-14-23-24-18-21(11-6-7-12-27(30)31-3)17-22(24)19-26(23)33-28-13-8-9-16-32-28/h11,14-15,20,22-24,26,28H,6-10,12-13,16-19H2,1-3H3/b15-14+,21-11+/t20?,22?,23-,24?,26+,28?/m1/s1. The first-order valence-corrected chi connectivity index (χ1v) is 12.6. The molecule has 1 saturated heterocycles. The zero-order valence-electron chi connectivity index (χ0n) is 20.5. The molecule has 3 rings (SSSR count). The van der Waals surface area contributed by atoms with Crippen molar-refractivity contribution < 1.29 is 23.8 Å². The molecular weight excluding hydrogens is 416 g/mol. The van der Waals surface area contributed by atoms with E-state index < -0.39 is 0 Å². The summed E-state index contributed by atoms with van der Waals surface area (Å²) >= 11 is 0. The molecule has 0 N–H and O–H groups in total. The van der Waals surface area contributed by atoms with Crippen molar-refractivity contribution in [3.8, 4) is 11.8 Å². The van der Waals surface area contributed by atoms with Crippen LogP contribution in [0.2, 0.25) is 0 Å². The van der Waals surface area contributed by atoms with E-state index in [0.717, 1.165) is 58.0 Å². The molecule has 0 aromatic heterocycles. The van der Waals surface area contributed by atoms with Gasteiger partial charge in [-0.1, -0.05) is 24.6 Å². The molecule has 0 bridgehead atoms. The highest BCUT2D eigenvalue weighted by Crippen LogP contribution is 2.52. The van der Waals surface area contributed by atoms with Gasteiger partial charge >= 0.3 is 5.97 Å². The molecule has 0 aromatic carbocycles. The number of carbonyl (C=O) groups excluding carboxylic acids is 2. The number of methoxy groups -OCH3 is 1. The van der Waals surface area contributed by atoms with Gasteiger partial charge in [0.1, 0.15) is 0 Å². The Morgan fingerprint density at radius 3 is 2.85 bits per heavy atom. The van der Waals surface area contributed by atoms with E-state index in [1.54, 1.807) is 6.08 Å². The van der Waals surface area contributed by atoms with Crippen molar-refractivity contribution in [2.24, 2.45) is 23.7 Å². The highest BCUT2D eigenvalue weighted by atomic mass is 16.7. The van der Waals surface area contributed by atoms with Crippen LogP contribution in [0.4, 0.5) is 0 Å². The number of hydrogen-bond acceptors (Lipinski definition) is 5. The van der Waals surface area contributed by atoms with Gasteiger partial charge < -0.3 is 14.2 Å². The summed E-state index contributed by atoms with van der Waals surface area (Å²) in [7, 11) is 1.44. The number of carbonyl (C=O) groups is 2. The molecule has 1 aliphatic heterocycles. The van der Waals surface area contributed by atoms with Crippen molar-refractivity contribution in [3.63, 3.8) is 0 Å². The zero-order valence-corrected chi connectivity index (χ0v) is 20.5. The van der Waals surface area contributed by atoms with Crippen molar-refractivity contribution >= 4 is 11.8 Å². The molecule has 0 aromatic rings. The molecule has 3 aliphatic rings. The molecule has 33 heavy (non-hydrogen) atoms. The number of hydrogen-bond donors (Lipinski definition) is 0. The zero-order chi connectivity index (χ0) is 23.6. The number of fused-ring (bicyclic) bond motifs is 1. The average Bonchev–Trinajstić information content (AvgIpc) is 3.36. The van der Waals surface area contributed by atoms with Gasteiger partial charge in [-0.25, -0.2) is 0 Å². The summed E-state index contributed by atoms with van der Waals surface area (Å²) in [5.41, 5.74) is 1.48. The van der Waals surface area contributed by atoms with E-state index in [4.69, 9.17) is 14.2 Å². The molecule has 5 heteroatoms. The number of ether oxygens (including phenoxy) is 3. The third-order valence-electron chi connectivity index (χ3n) is 7.35. The molecule has 0 radical (unpaired) electrons. The monoisotopic (exact) mass is 456 g/mol. The van der Waals surface area contributed by atoms with Crippen molar-refractivity contribution in [2.45, 2.75) is 90.4 Å². The Labute approximate surface area is 199 Å². The maximum absolute atomic E-state index is 12.6. The van der Waals surface area contributed by atoms with E-state index in [-0.39, 0.29) is 36.0 Å². The van der Waals surface area contributed by atoms with Crippen LogP contribution in [0.3, 0.4) is 0 Å². The fourth-order valence-corrected chi connectivity index (χ4v) is 5.45. The lowest BCUT2D eigenvalue weighted by Crippen LogP contribution is -2.30. The van der Waals surface area contributed by atoms with Crippen LogP contribution in [0.15, 0.2) is 23.8 Å². The molecule has 2 saturated carbocycles. The fraction of sp³-hybridized carbons (Fsp3) is 0.714. The molecule has 3 fully saturated rings. The van der Waals surface area contributed by atoms with Gasteiger partial charge in [-0.2, -0.15) is 0 Å². The van der Waals surface area contributed by atoms with Gasteiger partial charge in [0, 0.05) is 31.3 Å². The molecular formula is C28H40O5. The topological polar surface area (TPSA) is 61.8 Å². The summed E-state index contributed by atoms with van der Waals surface area (Å²) in [4.78, 5) is 24.0. The van der Waals surface area contributed by atoms with E-state index in [1.807, 2.05) is 13.8 Å². The van der Waals surface area contributed by atoms with E-state index in [1.165, 1.54) is 12.7 Å². The van der Waals surface area contributed by atoms with Crippen molar-refractivity contribution in [3.05, 3.63) is 23.8 Å². The molecule has 4 unspecified atom stereocenters. The maximum Gasteiger partial charge on any atom is 0.305 e. The van der Waals surface area contributed by atoms with Crippen LogP contribution in [0.5, 0.6) is 0 Å². The molecule has 0 amide bonds.